The summed E-state index contributed by atoms with van der Waals surface area (Å²) in [6.45, 7) is 4.00. The number of rotatable bonds is 6. The summed E-state index contributed by atoms with van der Waals surface area (Å²) in [6, 6.07) is 15.5. The van der Waals surface area contributed by atoms with Gasteiger partial charge in [-0.15, -0.1) is 0 Å². The van der Waals surface area contributed by atoms with Crippen molar-refractivity contribution >= 4 is 22.6 Å². The second-order valence-corrected chi connectivity index (χ2v) is 7.19. The number of aromatic nitrogens is 2. The fourth-order valence-electron chi connectivity index (χ4n) is 3.63. The highest BCUT2D eigenvalue weighted by molar-refractivity contribution is 5.78. The van der Waals surface area contributed by atoms with Crippen LogP contribution in [0.25, 0.3) is 10.9 Å². The maximum Gasteiger partial charge on any atom is 0.252 e. The van der Waals surface area contributed by atoms with Crippen LogP contribution in [0.3, 0.4) is 0 Å². The summed E-state index contributed by atoms with van der Waals surface area (Å²) in [5.74, 6) is 1.10. The van der Waals surface area contributed by atoms with Crippen molar-refractivity contribution in [2.24, 2.45) is 0 Å². The van der Waals surface area contributed by atoms with Gasteiger partial charge in [0.1, 0.15) is 5.82 Å². The molecule has 150 valence electrons. The van der Waals surface area contributed by atoms with Crippen LogP contribution in [0, 0.1) is 0 Å². The summed E-state index contributed by atoms with van der Waals surface area (Å²) >= 11 is 0. The molecule has 0 atom stereocenters. The van der Waals surface area contributed by atoms with Crippen LogP contribution in [-0.4, -0.2) is 53.5 Å². The van der Waals surface area contributed by atoms with Crippen LogP contribution in [0.2, 0.25) is 0 Å². The number of pyridine rings is 2. The largest absolute Gasteiger partial charge is 0.353 e. The molecular formula is C22H25N5O2. The Balaban J connectivity index is 1.23. The minimum Gasteiger partial charge on any atom is -0.353 e. The Morgan fingerprint density at radius 2 is 1.86 bits per heavy atom. The molecule has 1 aromatic carbocycles. The third-order valence-corrected chi connectivity index (χ3v) is 5.27. The number of piperazine rings is 1. The molecule has 4 rings (SSSR count). The number of hydrogen-bond acceptors (Lipinski definition) is 5. The lowest BCUT2D eigenvalue weighted by molar-refractivity contribution is -0.131. The maximum absolute atomic E-state index is 12.5. The molecular weight excluding hydrogens is 366 g/mol. The zero-order valence-electron chi connectivity index (χ0n) is 16.3. The number of benzene rings is 1. The van der Waals surface area contributed by atoms with Gasteiger partial charge in [0, 0.05) is 63.0 Å². The number of fused-ring (bicyclic) bond motifs is 1. The van der Waals surface area contributed by atoms with E-state index in [-0.39, 0.29) is 11.5 Å². The summed E-state index contributed by atoms with van der Waals surface area (Å²) in [5, 5.41) is 4.23. The molecule has 1 aliphatic rings. The van der Waals surface area contributed by atoms with E-state index in [0.717, 1.165) is 29.8 Å². The predicted molar refractivity (Wildman–Crippen MR) is 114 cm³/mol. The molecule has 0 unspecified atom stereocenters. The van der Waals surface area contributed by atoms with Gasteiger partial charge in [-0.1, -0.05) is 24.3 Å². The van der Waals surface area contributed by atoms with Gasteiger partial charge in [0.05, 0.1) is 0 Å². The number of aromatic amines is 1. The Labute approximate surface area is 169 Å². The van der Waals surface area contributed by atoms with Crippen molar-refractivity contribution < 1.29 is 4.79 Å². The average molecular weight is 391 g/mol. The first-order valence-corrected chi connectivity index (χ1v) is 9.96. The van der Waals surface area contributed by atoms with Crippen molar-refractivity contribution in [3.05, 3.63) is 70.6 Å². The van der Waals surface area contributed by atoms with Gasteiger partial charge in [0.25, 0.3) is 5.56 Å². The summed E-state index contributed by atoms with van der Waals surface area (Å²) in [4.78, 5) is 36.0. The molecule has 0 bridgehead atoms. The number of amides is 1. The van der Waals surface area contributed by atoms with Crippen molar-refractivity contribution in [1.29, 1.82) is 0 Å². The number of carbonyl (C=O) groups is 1. The fourth-order valence-corrected chi connectivity index (χ4v) is 3.63. The Kier molecular flexibility index (Phi) is 5.86. The van der Waals surface area contributed by atoms with Crippen LogP contribution in [-0.2, 0) is 11.3 Å². The quantitative estimate of drug-likeness (QED) is 0.626. The van der Waals surface area contributed by atoms with Crippen molar-refractivity contribution in [3.63, 3.8) is 0 Å². The molecule has 1 fully saturated rings. The maximum atomic E-state index is 12.5. The Bertz CT molecular complexity index is 1030. The van der Waals surface area contributed by atoms with Crippen molar-refractivity contribution in [2.45, 2.75) is 13.0 Å². The topological polar surface area (TPSA) is 81.3 Å². The summed E-state index contributed by atoms with van der Waals surface area (Å²) < 4.78 is 0. The molecule has 7 nitrogen and oxygen atoms in total. The highest BCUT2D eigenvalue weighted by Crippen LogP contribution is 2.13. The SMILES string of the molecule is O=C(CCNCc1cc2ccccc2[nH]c1=O)N1CCN(c2ccccn2)CC1. The van der Waals surface area contributed by atoms with E-state index in [1.807, 2.05) is 53.4 Å². The zero-order chi connectivity index (χ0) is 20.1. The zero-order valence-corrected chi connectivity index (χ0v) is 16.3. The van der Waals surface area contributed by atoms with Gasteiger partial charge in [-0.25, -0.2) is 4.98 Å². The van der Waals surface area contributed by atoms with Gasteiger partial charge in [0.2, 0.25) is 5.91 Å². The highest BCUT2D eigenvalue weighted by atomic mass is 16.2. The molecule has 7 heteroatoms. The molecule has 3 aromatic rings. The predicted octanol–water partition coefficient (Wildman–Crippen LogP) is 1.75. The van der Waals surface area contributed by atoms with Gasteiger partial charge in [-0.3, -0.25) is 9.59 Å². The third kappa shape index (κ3) is 4.63. The number of carbonyl (C=O) groups excluding carboxylic acids is 1. The van der Waals surface area contributed by atoms with Crippen molar-refractivity contribution in [2.75, 3.05) is 37.6 Å². The van der Waals surface area contributed by atoms with E-state index < -0.39 is 0 Å². The molecule has 0 spiro atoms. The molecule has 2 aromatic heterocycles. The number of hydrogen-bond donors (Lipinski definition) is 2. The minimum atomic E-state index is -0.0897. The first-order chi connectivity index (χ1) is 14.2. The van der Waals surface area contributed by atoms with E-state index in [9.17, 15) is 9.59 Å². The van der Waals surface area contributed by atoms with E-state index >= 15 is 0 Å². The normalized spacial score (nSPS) is 14.3. The van der Waals surface area contributed by atoms with Gasteiger partial charge in [0.15, 0.2) is 0 Å². The van der Waals surface area contributed by atoms with Crippen LogP contribution in [0.1, 0.15) is 12.0 Å². The van der Waals surface area contributed by atoms with Gasteiger partial charge >= 0.3 is 0 Å². The molecule has 2 N–H and O–H groups in total. The summed E-state index contributed by atoms with van der Waals surface area (Å²) in [7, 11) is 0. The van der Waals surface area contributed by atoms with Gasteiger partial charge < -0.3 is 20.1 Å². The number of nitrogens with one attached hydrogen (secondary N) is 2. The number of H-pyrrole nitrogens is 1. The van der Waals surface area contributed by atoms with E-state index in [2.05, 4.69) is 20.2 Å². The van der Waals surface area contributed by atoms with Crippen LogP contribution < -0.4 is 15.8 Å². The minimum absolute atomic E-state index is 0.0897. The van der Waals surface area contributed by atoms with Gasteiger partial charge in [-0.2, -0.15) is 0 Å². The smallest absolute Gasteiger partial charge is 0.252 e. The molecule has 0 aliphatic carbocycles. The molecule has 1 aliphatic heterocycles. The Hall–Kier alpha value is -3.19. The molecule has 3 heterocycles. The second kappa shape index (κ2) is 8.87. The molecule has 0 radical (unpaired) electrons. The second-order valence-electron chi connectivity index (χ2n) is 7.19. The first-order valence-electron chi connectivity index (χ1n) is 9.96. The van der Waals surface area contributed by atoms with E-state index in [4.69, 9.17) is 0 Å². The molecule has 29 heavy (non-hydrogen) atoms. The lowest BCUT2D eigenvalue weighted by Crippen LogP contribution is -2.49. The monoisotopic (exact) mass is 391 g/mol. The van der Waals surface area contributed by atoms with Crippen LogP contribution in [0.15, 0.2) is 59.5 Å². The van der Waals surface area contributed by atoms with Crippen LogP contribution >= 0.6 is 0 Å². The molecule has 0 saturated carbocycles. The Morgan fingerprint density at radius 3 is 2.66 bits per heavy atom. The van der Waals surface area contributed by atoms with Crippen LogP contribution in [0.5, 0.6) is 0 Å². The third-order valence-electron chi connectivity index (χ3n) is 5.27. The van der Waals surface area contributed by atoms with E-state index in [1.165, 1.54) is 0 Å². The van der Waals surface area contributed by atoms with E-state index in [0.29, 0.717) is 38.2 Å². The highest BCUT2D eigenvalue weighted by Gasteiger charge is 2.21. The number of nitrogens with zero attached hydrogens (tertiary/aromatic N) is 3. The Morgan fingerprint density at radius 1 is 1.07 bits per heavy atom. The number of para-hydroxylation sites is 1. The molecule has 1 saturated heterocycles. The van der Waals surface area contributed by atoms with Gasteiger partial charge in [-0.05, 0) is 29.7 Å². The summed E-state index contributed by atoms with van der Waals surface area (Å²) in [5.41, 5.74) is 1.43. The average Bonchev–Trinajstić information content (AvgIpc) is 2.77. The molecule has 1 amide bonds. The first kappa shape index (κ1) is 19.1. The number of anilines is 1. The lowest BCUT2D eigenvalue weighted by Gasteiger charge is -2.35. The van der Waals surface area contributed by atoms with Crippen LogP contribution in [0.4, 0.5) is 5.82 Å². The van der Waals surface area contributed by atoms with Crippen molar-refractivity contribution in [3.8, 4) is 0 Å². The fraction of sp³-hybridized carbons (Fsp3) is 0.318. The lowest BCUT2D eigenvalue weighted by atomic mass is 10.1. The van der Waals surface area contributed by atoms with E-state index in [1.54, 1.807) is 6.20 Å². The van der Waals surface area contributed by atoms with Crippen molar-refractivity contribution in [1.82, 2.24) is 20.2 Å². The standard InChI is InChI=1S/C22H25N5O2/c28-21(27-13-11-26(12-14-27)20-7-3-4-9-24-20)8-10-23-16-18-15-17-5-1-2-6-19(17)25-22(18)29/h1-7,9,15,23H,8,10-14,16H2,(H,25,29). The summed E-state index contributed by atoms with van der Waals surface area (Å²) in [6.07, 6.45) is 2.22.